The summed E-state index contributed by atoms with van der Waals surface area (Å²) < 4.78 is 12.8. The first kappa shape index (κ1) is 21.5. The zero-order valence-corrected chi connectivity index (χ0v) is 17.7. The summed E-state index contributed by atoms with van der Waals surface area (Å²) >= 11 is 0. The number of anilines is 2. The molecule has 1 aromatic heterocycles. The smallest absolute Gasteiger partial charge is 0.330 e. The molecule has 0 unspecified atom stereocenters. The van der Waals surface area contributed by atoms with E-state index in [1.807, 2.05) is 33.8 Å². The van der Waals surface area contributed by atoms with Crippen LogP contribution in [0.1, 0.15) is 27.7 Å². The highest BCUT2D eigenvalue weighted by molar-refractivity contribution is 5.99. The highest BCUT2D eigenvalue weighted by atomic mass is 16.6. The van der Waals surface area contributed by atoms with E-state index in [1.165, 1.54) is 9.47 Å². The lowest BCUT2D eigenvalue weighted by Gasteiger charge is -2.32. The van der Waals surface area contributed by atoms with Crippen LogP contribution in [0, 0.1) is 11.8 Å². The van der Waals surface area contributed by atoms with E-state index >= 15 is 0 Å². The molecule has 9 heteroatoms. The minimum atomic E-state index is -0.942. The number of aromatic nitrogens is 2. The first-order valence-corrected chi connectivity index (χ1v) is 10.0. The average Bonchev–Trinajstić information content (AvgIpc) is 2.69. The molecule has 0 saturated carbocycles. The Morgan fingerprint density at radius 1 is 1.20 bits per heavy atom. The van der Waals surface area contributed by atoms with Crippen molar-refractivity contribution in [1.29, 1.82) is 0 Å². The SMILES string of the molecule is CC(C)CN(C(=O)[C@H]1COc2ccccc2O1)c1c(N)n(CC(C)C)c(=O)[nH]c1=O. The minimum Gasteiger partial charge on any atom is -0.485 e. The molecule has 1 aromatic carbocycles. The van der Waals surface area contributed by atoms with Crippen LogP contribution in [0.3, 0.4) is 0 Å². The highest BCUT2D eigenvalue weighted by Gasteiger charge is 2.34. The zero-order valence-electron chi connectivity index (χ0n) is 17.7. The normalized spacial score (nSPS) is 15.5. The summed E-state index contributed by atoms with van der Waals surface area (Å²) in [6.45, 7) is 8.25. The summed E-state index contributed by atoms with van der Waals surface area (Å²) in [7, 11) is 0. The van der Waals surface area contributed by atoms with Crippen molar-refractivity contribution < 1.29 is 14.3 Å². The molecule has 0 fully saturated rings. The van der Waals surface area contributed by atoms with Crippen LogP contribution in [-0.4, -0.2) is 34.7 Å². The van der Waals surface area contributed by atoms with Crippen molar-refractivity contribution in [3.63, 3.8) is 0 Å². The second-order valence-corrected chi connectivity index (χ2v) is 8.20. The lowest BCUT2D eigenvalue weighted by atomic mass is 10.1. The molecule has 1 aliphatic heterocycles. The van der Waals surface area contributed by atoms with Gasteiger partial charge in [0.15, 0.2) is 17.2 Å². The Balaban J connectivity index is 2.02. The molecule has 30 heavy (non-hydrogen) atoms. The maximum atomic E-state index is 13.4. The predicted molar refractivity (Wildman–Crippen MR) is 114 cm³/mol. The van der Waals surface area contributed by atoms with Crippen LogP contribution in [0.25, 0.3) is 0 Å². The van der Waals surface area contributed by atoms with Crippen LogP contribution in [0.15, 0.2) is 33.9 Å². The number of nitrogen functional groups attached to an aromatic ring is 1. The van der Waals surface area contributed by atoms with Gasteiger partial charge in [0.05, 0.1) is 0 Å². The molecule has 1 atom stereocenters. The summed E-state index contributed by atoms with van der Waals surface area (Å²) in [5.74, 6) is 0.673. The van der Waals surface area contributed by atoms with E-state index in [4.69, 9.17) is 15.2 Å². The van der Waals surface area contributed by atoms with Gasteiger partial charge in [-0.25, -0.2) is 4.79 Å². The van der Waals surface area contributed by atoms with Gasteiger partial charge < -0.3 is 20.1 Å². The van der Waals surface area contributed by atoms with Crippen molar-refractivity contribution in [2.45, 2.75) is 40.3 Å². The van der Waals surface area contributed by atoms with Gasteiger partial charge in [0.1, 0.15) is 12.4 Å². The maximum absolute atomic E-state index is 13.4. The van der Waals surface area contributed by atoms with E-state index in [9.17, 15) is 14.4 Å². The Morgan fingerprint density at radius 2 is 1.87 bits per heavy atom. The summed E-state index contributed by atoms with van der Waals surface area (Å²) in [6.07, 6.45) is -0.942. The number of hydrogen-bond acceptors (Lipinski definition) is 6. The topological polar surface area (TPSA) is 120 Å². The van der Waals surface area contributed by atoms with Crippen molar-refractivity contribution in [2.75, 3.05) is 23.8 Å². The Bertz CT molecular complexity index is 1040. The number of hydrogen-bond donors (Lipinski definition) is 2. The Hall–Kier alpha value is -3.23. The molecular weight excluding hydrogens is 388 g/mol. The molecule has 1 aliphatic rings. The van der Waals surface area contributed by atoms with Crippen molar-refractivity contribution in [3.8, 4) is 11.5 Å². The highest BCUT2D eigenvalue weighted by Crippen LogP contribution is 2.32. The zero-order chi connectivity index (χ0) is 22.0. The number of nitrogens with zero attached hydrogens (tertiary/aromatic N) is 2. The first-order chi connectivity index (χ1) is 14.2. The molecule has 1 amide bonds. The Labute approximate surface area is 174 Å². The second-order valence-electron chi connectivity index (χ2n) is 8.20. The average molecular weight is 416 g/mol. The molecular formula is C21H28N4O5. The number of nitrogens with one attached hydrogen (secondary N) is 1. The number of carbonyl (C=O) groups excluding carboxylic acids is 1. The number of nitrogens with two attached hydrogens (primary N) is 1. The number of fused-ring (bicyclic) bond motifs is 1. The third-order valence-electron chi connectivity index (χ3n) is 4.63. The van der Waals surface area contributed by atoms with Crippen LogP contribution in [0.4, 0.5) is 11.5 Å². The number of carbonyl (C=O) groups is 1. The van der Waals surface area contributed by atoms with Gasteiger partial charge >= 0.3 is 5.69 Å². The number of rotatable bonds is 6. The van der Waals surface area contributed by atoms with Gasteiger partial charge in [-0.3, -0.25) is 19.1 Å². The van der Waals surface area contributed by atoms with Gasteiger partial charge in [0.25, 0.3) is 11.5 Å². The van der Waals surface area contributed by atoms with Crippen molar-refractivity contribution in [3.05, 3.63) is 45.1 Å². The molecule has 9 nitrogen and oxygen atoms in total. The fraction of sp³-hybridized carbons (Fsp3) is 0.476. The van der Waals surface area contributed by atoms with E-state index in [0.717, 1.165) is 0 Å². The second kappa shape index (κ2) is 8.64. The van der Waals surface area contributed by atoms with Crippen LogP contribution in [-0.2, 0) is 11.3 Å². The lowest BCUT2D eigenvalue weighted by molar-refractivity contribution is -0.127. The molecule has 2 aromatic rings. The minimum absolute atomic E-state index is 0.00782. The van der Waals surface area contributed by atoms with Crippen LogP contribution < -0.4 is 31.4 Å². The summed E-state index contributed by atoms with van der Waals surface area (Å²) in [6, 6.07) is 7.07. The fourth-order valence-corrected chi connectivity index (χ4v) is 3.36. The largest absolute Gasteiger partial charge is 0.485 e. The van der Waals surface area contributed by atoms with Crippen LogP contribution >= 0.6 is 0 Å². The van der Waals surface area contributed by atoms with Gasteiger partial charge in [0.2, 0.25) is 6.10 Å². The summed E-state index contributed by atoms with van der Waals surface area (Å²) in [5.41, 5.74) is 4.88. The molecule has 0 bridgehead atoms. The van der Waals surface area contributed by atoms with Crippen molar-refractivity contribution in [2.24, 2.45) is 11.8 Å². The molecule has 0 spiro atoms. The fourth-order valence-electron chi connectivity index (χ4n) is 3.36. The van der Waals surface area contributed by atoms with Crippen LogP contribution in [0.2, 0.25) is 0 Å². The lowest BCUT2D eigenvalue weighted by Crippen LogP contribution is -2.50. The molecule has 3 N–H and O–H groups in total. The first-order valence-electron chi connectivity index (χ1n) is 10.0. The third kappa shape index (κ3) is 4.34. The number of ether oxygens (including phenoxy) is 2. The van der Waals surface area contributed by atoms with E-state index in [2.05, 4.69) is 4.98 Å². The van der Waals surface area contributed by atoms with E-state index in [0.29, 0.717) is 18.0 Å². The van der Waals surface area contributed by atoms with E-state index in [1.54, 1.807) is 18.2 Å². The standard InChI is InChI=1S/C21H28N4O5/c1-12(2)9-24(17-18(22)25(10-13(3)4)21(28)23-19(17)26)20(27)16-11-29-14-7-5-6-8-15(14)30-16/h5-8,12-13,16H,9-11,22H2,1-4H3,(H,23,26,28)/t16-/m1/s1. The molecule has 0 saturated heterocycles. The monoisotopic (exact) mass is 416 g/mol. The van der Waals surface area contributed by atoms with Gasteiger partial charge in [-0.15, -0.1) is 0 Å². The van der Waals surface area contributed by atoms with Crippen LogP contribution in [0.5, 0.6) is 11.5 Å². The van der Waals surface area contributed by atoms with E-state index < -0.39 is 23.3 Å². The van der Waals surface area contributed by atoms with Gasteiger partial charge in [-0.2, -0.15) is 0 Å². The number of aromatic amines is 1. The number of H-pyrrole nitrogens is 1. The van der Waals surface area contributed by atoms with E-state index in [-0.39, 0.29) is 36.5 Å². The van der Waals surface area contributed by atoms with Gasteiger partial charge in [-0.05, 0) is 24.0 Å². The Morgan fingerprint density at radius 3 is 2.50 bits per heavy atom. The van der Waals surface area contributed by atoms with Crippen molar-refractivity contribution in [1.82, 2.24) is 9.55 Å². The molecule has 0 radical (unpaired) electrons. The van der Waals surface area contributed by atoms with Gasteiger partial charge in [0, 0.05) is 13.1 Å². The molecule has 3 rings (SSSR count). The maximum Gasteiger partial charge on any atom is 0.330 e. The van der Waals surface area contributed by atoms with Crippen molar-refractivity contribution >= 4 is 17.4 Å². The molecule has 162 valence electrons. The predicted octanol–water partition coefficient (Wildman–Crippen LogP) is 1.60. The summed E-state index contributed by atoms with van der Waals surface area (Å²) in [4.78, 5) is 42.0. The summed E-state index contributed by atoms with van der Waals surface area (Å²) in [5, 5.41) is 0. The third-order valence-corrected chi connectivity index (χ3v) is 4.63. The van der Waals surface area contributed by atoms with Gasteiger partial charge in [-0.1, -0.05) is 39.8 Å². The molecule has 2 heterocycles. The molecule has 0 aliphatic carbocycles. The quantitative estimate of drug-likeness (QED) is 0.738. The number of amides is 1. The number of benzene rings is 1. The number of para-hydroxylation sites is 2. The Kier molecular flexibility index (Phi) is 6.19.